The first kappa shape index (κ1) is 11.6. The first-order valence-corrected chi connectivity index (χ1v) is 5.85. The fraction of sp³-hybridized carbons (Fsp3) is 0.267. The van der Waals surface area contributed by atoms with Crippen LogP contribution in [0.15, 0.2) is 36.5 Å². The molecule has 0 radical (unpaired) electrons. The van der Waals surface area contributed by atoms with Gasteiger partial charge in [0, 0.05) is 18.1 Å². The van der Waals surface area contributed by atoms with Crippen molar-refractivity contribution in [2.24, 2.45) is 0 Å². The summed E-state index contributed by atoms with van der Waals surface area (Å²) < 4.78 is 0. The molecule has 0 atom stereocenters. The highest BCUT2D eigenvalue weighted by molar-refractivity contribution is 5.81. The van der Waals surface area contributed by atoms with Crippen molar-refractivity contribution in [3.63, 3.8) is 0 Å². The maximum atomic E-state index is 4.44. The van der Waals surface area contributed by atoms with Crippen LogP contribution >= 0.6 is 0 Å². The zero-order valence-electron chi connectivity index (χ0n) is 10.0. The Hall–Kier alpha value is -1.85. The zero-order chi connectivity index (χ0) is 11.9. The molecule has 0 spiro atoms. The Morgan fingerprint density at radius 2 is 2.12 bits per heavy atom. The summed E-state index contributed by atoms with van der Waals surface area (Å²) in [6.07, 6.45) is 2.83. The average Bonchev–Trinajstić information content (AvgIpc) is 2.39. The Kier molecular flexibility index (Phi) is 4.12. The number of nitrogens with one attached hydrogen (secondary N) is 1. The molecule has 2 heteroatoms. The minimum atomic E-state index is 0.759. The molecule has 2 rings (SSSR count). The van der Waals surface area contributed by atoms with Gasteiger partial charge in [0.05, 0.1) is 12.1 Å². The number of para-hydroxylation sites is 1. The predicted molar refractivity (Wildman–Crippen MR) is 71.8 cm³/mol. The van der Waals surface area contributed by atoms with E-state index in [0.717, 1.165) is 25.0 Å². The van der Waals surface area contributed by atoms with Crippen LogP contribution in [0.2, 0.25) is 0 Å². The van der Waals surface area contributed by atoms with Crippen LogP contribution < -0.4 is 5.32 Å². The van der Waals surface area contributed by atoms with Gasteiger partial charge in [0.15, 0.2) is 0 Å². The summed E-state index contributed by atoms with van der Waals surface area (Å²) in [7, 11) is 0. The largest absolute Gasteiger partial charge is 0.306 e. The predicted octanol–water partition coefficient (Wildman–Crippen LogP) is 2.39. The topological polar surface area (TPSA) is 24.9 Å². The molecular formula is C15H16N2. The average molecular weight is 224 g/mol. The number of benzene rings is 1. The molecule has 1 aromatic heterocycles. The van der Waals surface area contributed by atoms with Crippen molar-refractivity contribution in [3.05, 3.63) is 42.1 Å². The van der Waals surface area contributed by atoms with Crippen LogP contribution in [0.1, 0.15) is 12.5 Å². The standard InChI is InChI=1S/C15H16N2/c1-2-3-10-16-12-9-14-7-4-6-13-8-5-11-17-15(13)14/h4-8,11,16H,9-10,12H2,1H3. The number of aromatic nitrogens is 1. The van der Waals surface area contributed by atoms with Crippen molar-refractivity contribution in [2.45, 2.75) is 13.3 Å². The number of hydrogen-bond donors (Lipinski definition) is 1. The molecule has 0 bridgehead atoms. The quantitative estimate of drug-likeness (QED) is 0.637. The van der Waals surface area contributed by atoms with E-state index in [1.807, 2.05) is 19.2 Å². The number of nitrogens with zero attached hydrogens (tertiary/aromatic N) is 1. The molecule has 1 aromatic carbocycles. The van der Waals surface area contributed by atoms with E-state index in [9.17, 15) is 0 Å². The van der Waals surface area contributed by atoms with E-state index in [4.69, 9.17) is 0 Å². The van der Waals surface area contributed by atoms with Crippen LogP contribution in [0.25, 0.3) is 10.9 Å². The Bertz CT molecular complexity index is 544. The molecule has 0 aliphatic rings. The highest BCUT2D eigenvalue weighted by Gasteiger charge is 2.00. The van der Waals surface area contributed by atoms with E-state index in [-0.39, 0.29) is 0 Å². The number of rotatable bonds is 4. The highest BCUT2D eigenvalue weighted by atomic mass is 14.8. The van der Waals surface area contributed by atoms with Crippen molar-refractivity contribution in [3.8, 4) is 11.8 Å². The lowest BCUT2D eigenvalue weighted by molar-refractivity contribution is 0.755. The number of pyridine rings is 1. The summed E-state index contributed by atoms with van der Waals surface area (Å²) in [6, 6.07) is 10.4. The molecule has 86 valence electrons. The van der Waals surface area contributed by atoms with Crippen molar-refractivity contribution in [1.29, 1.82) is 0 Å². The summed E-state index contributed by atoms with van der Waals surface area (Å²) >= 11 is 0. The fourth-order valence-electron chi connectivity index (χ4n) is 1.83. The van der Waals surface area contributed by atoms with Crippen molar-refractivity contribution < 1.29 is 0 Å². The van der Waals surface area contributed by atoms with Crippen LogP contribution in [0.4, 0.5) is 0 Å². The van der Waals surface area contributed by atoms with Crippen LogP contribution in [-0.2, 0) is 6.42 Å². The molecule has 1 heterocycles. The molecule has 2 nitrogen and oxygen atoms in total. The van der Waals surface area contributed by atoms with Gasteiger partial charge in [-0.05, 0) is 25.0 Å². The second-order valence-corrected chi connectivity index (χ2v) is 3.85. The maximum absolute atomic E-state index is 4.44. The molecule has 0 unspecified atom stereocenters. The Morgan fingerprint density at radius 1 is 1.24 bits per heavy atom. The fourth-order valence-corrected chi connectivity index (χ4v) is 1.83. The monoisotopic (exact) mass is 224 g/mol. The van der Waals surface area contributed by atoms with Crippen LogP contribution in [0.3, 0.4) is 0 Å². The Morgan fingerprint density at radius 3 is 3.00 bits per heavy atom. The first-order chi connectivity index (χ1) is 8.42. The SMILES string of the molecule is CC#CCNCCc1cccc2cccnc12. The van der Waals surface area contributed by atoms with Gasteiger partial charge in [-0.3, -0.25) is 4.98 Å². The zero-order valence-corrected chi connectivity index (χ0v) is 10.0. The second-order valence-electron chi connectivity index (χ2n) is 3.85. The van der Waals surface area contributed by atoms with Crippen LogP contribution in [-0.4, -0.2) is 18.1 Å². The summed E-state index contributed by atoms with van der Waals surface area (Å²) in [5.41, 5.74) is 2.40. The van der Waals surface area contributed by atoms with Gasteiger partial charge in [-0.1, -0.05) is 30.2 Å². The smallest absolute Gasteiger partial charge is 0.0734 e. The summed E-state index contributed by atoms with van der Waals surface area (Å²) in [4.78, 5) is 4.44. The van der Waals surface area contributed by atoms with Gasteiger partial charge in [0.2, 0.25) is 0 Å². The molecule has 0 saturated heterocycles. The van der Waals surface area contributed by atoms with Gasteiger partial charge in [-0.15, -0.1) is 5.92 Å². The van der Waals surface area contributed by atoms with Crippen LogP contribution in [0.5, 0.6) is 0 Å². The lowest BCUT2D eigenvalue weighted by atomic mass is 10.1. The van der Waals surface area contributed by atoms with E-state index >= 15 is 0 Å². The molecule has 0 amide bonds. The summed E-state index contributed by atoms with van der Waals surface area (Å²) in [6.45, 7) is 3.55. The van der Waals surface area contributed by atoms with Gasteiger partial charge < -0.3 is 5.32 Å². The Balaban J connectivity index is 2.05. The Labute approximate surface area is 102 Å². The molecule has 1 N–H and O–H groups in total. The number of hydrogen-bond acceptors (Lipinski definition) is 2. The van der Waals surface area contributed by atoms with E-state index in [2.05, 4.69) is 46.4 Å². The maximum Gasteiger partial charge on any atom is 0.0734 e. The van der Waals surface area contributed by atoms with Crippen molar-refractivity contribution >= 4 is 10.9 Å². The first-order valence-electron chi connectivity index (χ1n) is 5.85. The summed E-state index contributed by atoms with van der Waals surface area (Å²) in [5.74, 6) is 5.87. The highest BCUT2D eigenvalue weighted by Crippen LogP contribution is 2.15. The minimum Gasteiger partial charge on any atom is -0.306 e. The minimum absolute atomic E-state index is 0.759. The van der Waals surface area contributed by atoms with Gasteiger partial charge in [-0.2, -0.15) is 0 Å². The van der Waals surface area contributed by atoms with Crippen molar-refractivity contribution in [2.75, 3.05) is 13.1 Å². The second kappa shape index (κ2) is 6.03. The molecule has 17 heavy (non-hydrogen) atoms. The van der Waals surface area contributed by atoms with E-state index in [1.165, 1.54) is 10.9 Å². The molecule has 0 aliphatic carbocycles. The normalized spacial score (nSPS) is 9.94. The lowest BCUT2D eigenvalue weighted by Gasteiger charge is -2.05. The molecule has 2 aromatic rings. The number of fused-ring (bicyclic) bond motifs is 1. The van der Waals surface area contributed by atoms with Gasteiger partial charge in [0.25, 0.3) is 0 Å². The third kappa shape index (κ3) is 3.05. The van der Waals surface area contributed by atoms with E-state index < -0.39 is 0 Å². The van der Waals surface area contributed by atoms with Crippen LogP contribution in [0, 0.1) is 11.8 Å². The van der Waals surface area contributed by atoms with E-state index in [0.29, 0.717) is 0 Å². The molecule has 0 aliphatic heterocycles. The molecule has 0 fully saturated rings. The molecule has 0 saturated carbocycles. The molecular weight excluding hydrogens is 208 g/mol. The third-order valence-electron chi connectivity index (χ3n) is 2.68. The van der Waals surface area contributed by atoms with Gasteiger partial charge in [0.1, 0.15) is 0 Å². The van der Waals surface area contributed by atoms with E-state index in [1.54, 1.807) is 0 Å². The third-order valence-corrected chi connectivity index (χ3v) is 2.68. The van der Waals surface area contributed by atoms with Crippen molar-refractivity contribution in [1.82, 2.24) is 10.3 Å². The lowest BCUT2D eigenvalue weighted by Crippen LogP contribution is -2.17. The summed E-state index contributed by atoms with van der Waals surface area (Å²) in [5, 5.41) is 4.50. The van der Waals surface area contributed by atoms with Gasteiger partial charge >= 0.3 is 0 Å². The van der Waals surface area contributed by atoms with Gasteiger partial charge in [-0.25, -0.2) is 0 Å².